The van der Waals surface area contributed by atoms with Gasteiger partial charge in [-0.2, -0.15) is 0 Å². The van der Waals surface area contributed by atoms with Crippen molar-refractivity contribution in [2.75, 3.05) is 13.6 Å². The third-order valence-electron chi connectivity index (χ3n) is 3.30. The number of nitrogens with two attached hydrogens (primary N) is 1. The summed E-state index contributed by atoms with van der Waals surface area (Å²) in [6, 6.07) is 0. The van der Waals surface area contributed by atoms with Gasteiger partial charge in [0.25, 0.3) is 0 Å². The molecule has 0 spiro atoms. The van der Waals surface area contributed by atoms with Gasteiger partial charge < -0.3 is 16.4 Å². The van der Waals surface area contributed by atoms with Crippen molar-refractivity contribution < 1.29 is 9.59 Å². The zero-order chi connectivity index (χ0) is 12.9. The van der Waals surface area contributed by atoms with E-state index in [1.54, 1.807) is 0 Å². The summed E-state index contributed by atoms with van der Waals surface area (Å²) in [5.74, 6) is -0.444. The molecular weight excluding hydrogens is 238 g/mol. The van der Waals surface area contributed by atoms with E-state index < -0.39 is 5.41 Å². The Bertz CT molecular complexity index is 325. The van der Waals surface area contributed by atoms with E-state index in [2.05, 4.69) is 10.6 Å². The topological polar surface area (TPSA) is 84.2 Å². The molecule has 6 heteroatoms. The van der Waals surface area contributed by atoms with Crippen molar-refractivity contribution >= 4 is 29.0 Å². The van der Waals surface area contributed by atoms with Crippen molar-refractivity contribution in [2.24, 2.45) is 11.1 Å². The van der Waals surface area contributed by atoms with E-state index in [0.717, 1.165) is 19.3 Å². The molecule has 0 atom stereocenters. The van der Waals surface area contributed by atoms with Crippen LogP contribution in [0.25, 0.3) is 0 Å². The van der Waals surface area contributed by atoms with E-state index in [-0.39, 0.29) is 23.3 Å². The summed E-state index contributed by atoms with van der Waals surface area (Å²) in [6.07, 6.45) is 4.37. The minimum Gasteiger partial charge on any atom is -0.392 e. The van der Waals surface area contributed by atoms with Crippen LogP contribution >= 0.6 is 12.2 Å². The lowest BCUT2D eigenvalue weighted by molar-refractivity contribution is -0.131. The first-order chi connectivity index (χ1) is 8.03. The highest BCUT2D eigenvalue weighted by atomic mass is 32.1. The Morgan fingerprint density at radius 1 is 1.29 bits per heavy atom. The average molecular weight is 257 g/mol. The van der Waals surface area contributed by atoms with E-state index >= 15 is 0 Å². The minimum atomic E-state index is -0.748. The predicted molar refractivity (Wildman–Crippen MR) is 69.4 cm³/mol. The second-order valence-electron chi connectivity index (χ2n) is 4.36. The van der Waals surface area contributed by atoms with Crippen LogP contribution < -0.4 is 16.4 Å². The quantitative estimate of drug-likeness (QED) is 0.623. The molecular formula is C11H19N3O2S. The van der Waals surface area contributed by atoms with Gasteiger partial charge in [-0.05, 0) is 12.8 Å². The number of likely N-dealkylation sites (N-methyl/N-ethyl adjacent to an activating group) is 1. The Labute approximate surface area is 107 Å². The lowest BCUT2D eigenvalue weighted by atomic mass is 9.73. The maximum Gasteiger partial charge on any atom is 0.239 e. The van der Waals surface area contributed by atoms with Gasteiger partial charge in [0.15, 0.2) is 0 Å². The van der Waals surface area contributed by atoms with Crippen LogP contribution in [0.15, 0.2) is 0 Å². The van der Waals surface area contributed by atoms with Crippen LogP contribution in [0.2, 0.25) is 0 Å². The van der Waals surface area contributed by atoms with Gasteiger partial charge >= 0.3 is 0 Å². The molecule has 17 heavy (non-hydrogen) atoms. The summed E-state index contributed by atoms with van der Waals surface area (Å²) in [7, 11) is 1.53. The van der Waals surface area contributed by atoms with Crippen LogP contribution in [0.3, 0.4) is 0 Å². The Kier molecular flexibility index (Phi) is 4.86. The molecule has 5 nitrogen and oxygen atoms in total. The highest BCUT2D eigenvalue weighted by molar-refractivity contribution is 7.80. The van der Waals surface area contributed by atoms with E-state index in [1.807, 2.05) is 0 Å². The Morgan fingerprint density at radius 2 is 1.88 bits per heavy atom. The van der Waals surface area contributed by atoms with Gasteiger partial charge in [-0.15, -0.1) is 0 Å². The van der Waals surface area contributed by atoms with Crippen LogP contribution in [-0.2, 0) is 9.59 Å². The van der Waals surface area contributed by atoms with Gasteiger partial charge in [0.2, 0.25) is 11.8 Å². The third-order valence-corrected chi connectivity index (χ3v) is 3.69. The first-order valence-electron chi connectivity index (χ1n) is 5.82. The van der Waals surface area contributed by atoms with Gasteiger partial charge in [0, 0.05) is 7.05 Å². The van der Waals surface area contributed by atoms with Gasteiger partial charge in [0.05, 0.1) is 16.9 Å². The highest BCUT2D eigenvalue weighted by Crippen LogP contribution is 2.36. The summed E-state index contributed by atoms with van der Waals surface area (Å²) in [5, 5.41) is 5.05. The minimum absolute atomic E-state index is 0.0281. The van der Waals surface area contributed by atoms with Crippen LogP contribution in [0, 0.1) is 5.41 Å². The van der Waals surface area contributed by atoms with Gasteiger partial charge in [0.1, 0.15) is 0 Å². The molecule has 0 aliphatic heterocycles. The average Bonchev–Trinajstić information content (AvgIpc) is 2.35. The molecule has 0 bridgehead atoms. The maximum absolute atomic E-state index is 12.1. The Balaban J connectivity index is 2.67. The van der Waals surface area contributed by atoms with E-state index in [1.165, 1.54) is 7.05 Å². The summed E-state index contributed by atoms with van der Waals surface area (Å²) >= 11 is 5.03. The number of amides is 2. The molecule has 1 saturated carbocycles. The number of carbonyl (C=O) groups is 2. The number of carbonyl (C=O) groups excluding carboxylic acids is 2. The van der Waals surface area contributed by atoms with E-state index in [0.29, 0.717) is 12.8 Å². The second-order valence-corrected chi connectivity index (χ2v) is 4.80. The summed E-state index contributed by atoms with van der Waals surface area (Å²) in [4.78, 5) is 23.4. The van der Waals surface area contributed by atoms with Crippen molar-refractivity contribution in [2.45, 2.75) is 32.1 Å². The summed E-state index contributed by atoms with van der Waals surface area (Å²) in [5.41, 5.74) is 4.96. The number of rotatable bonds is 4. The molecule has 1 fully saturated rings. The standard InChI is InChI=1S/C11H19N3O2S/c1-13-8(15)7-14-10(16)11(9(12)17)5-3-2-4-6-11/h2-7H2,1H3,(H2,12,17)(H,13,15)(H,14,16). The number of nitrogens with one attached hydrogen (secondary N) is 2. The first kappa shape index (κ1) is 13.9. The number of thiocarbonyl (C=S) groups is 1. The van der Waals surface area contributed by atoms with Crippen molar-refractivity contribution in [1.29, 1.82) is 0 Å². The highest BCUT2D eigenvalue weighted by Gasteiger charge is 2.42. The van der Waals surface area contributed by atoms with Crippen molar-refractivity contribution in [3.8, 4) is 0 Å². The van der Waals surface area contributed by atoms with Crippen molar-refractivity contribution in [1.82, 2.24) is 10.6 Å². The predicted octanol–water partition coefficient (Wildman–Crippen LogP) is 0.0852. The fourth-order valence-electron chi connectivity index (χ4n) is 2.16. The molecule has 4 N–H and O–H groups in total. The molecule has 1 aliphatic carbocycles. The Morgan fingerprint density at radius 3 is 2.35 bits per heavy atom. The van der Waals surface area contributed by atoms with Crippen molar-refractivity contribution in [3.05, 3.63) is 0 Å². The zero-order valence-electron chi connectivity index (χ0n) is 10.0. The molecule has 96 valence electrons. The lowest BCUT2D eigenvalue weighted by Crippen LogP contribution is -2.51. The third kappa shape index (κ3) is 3.15. The number of hydrogen-bond donors (Lipinski definition) is 3. The van der Waals surface area contributed by atoms with Gasteiger partial charge in [-0.1, -0.05) is 31.5 Å². The normalized spacial score (nSPS) is 18.2. The molecule has 1 rings (SSSR count). The van der Waals surface area contributed by atoms with Gasteiger partial charge in [-0.25, -0.2) is 0 Å². The summed E-state index contributed by atoms with van der Waals surface area (Å²) < 4.78 is 0. The Hall–Kier alpha value is -1.17. The van der Waals surface area contributed by atoms with Gasteiger partial charge in [-0.3, -0.25) is 9.59 Å². The molecule has 0 aromatic carbocycles. The van der Waals surface area contributed by atoms with Crippen LogP contribution in [0.1, 0.15) is 32.1 Å². The SMILES string of the molecule is CNC(=O)CNC(=O)C1(C(N)=S)CCCCC1. The molecule has 1 aliphatic rings. The van der Waals surface area contributed by atoms with E-state index in [9.17, 15) is 9.59 Å². The smallest absolute Gasteiger partial charge is 0.239 e. The van der Waals surface area contributed by atoms with Crippen LogP contribution in [-0.4, -0.2) is 30.4 Å². The molecule has 0 aromatic rings. The first-order valence-corrected chi connectivity index (χ1v) is 6.22. The van der Waals surface area contributed by atoms with E-state index in [4.69, 9.17) is 18.0 Å². The summed E-state index contributed by atoms with van der Waals surface area (Å²) in [6.45, 7) is -0.0281. The second kappa shape index (κ2) is 5.95. The molecule has 0 radical (unpaired) electrons. The molecule has 0 unspecified atom stereocenters. The molecule has 2 amide bonds. The number of hydrogen-bond acceptors (Lipinski definition) is 3. The molecule has 0 aromatic heterocycles. The largest absolute Gasteiger partial charge is 0.392 e. The lowest BCUT2D eigenvalue weighted by Gasteiger charge is -2.34. The zero-order valence-corrected chi connectivity index (χ0v) is 10.9. The molecule has 0 saturated heterocycles. The monoisotopic (exact) mass is 257 g/mol. The molecule has 0 heterocycles. The fraction of sp³-hybridized carbons (Fsp3) is 0.727. The fourth-order valence-corrected chi connectivity index (χ4v) is 2.46. The van der Waals surface area contributed by atoms with Crippen molar-refractivity contribution in [3.63, 3.8) is 0 Å². The maximum atomic E-state index is 12.1. The van der Waals surface area contributed by atoms with Crippen LogP contribution in [0.4, 0.5) is 0 Å². The van der Waals surface area contributed by atoms with Crippen LogP contribution in [0.5, 0.6) is 0 Å².